The molecule has 0 bridgehead atoms. The minimum absolute atomic E-state index is 0.109. The monoisotopic (exact) mass is 404 g/mol. The summed E-state index contributed by atoms with van der Waals surface area (Å²) in [6.45, 7) is 2.45. The number of fused-ring (bicyclic) bond motifs is 1. The maximum absolute atomic E-state index is 12.9. The zero-order chi connectivity index (χ0) is 19.4. The summed E-state index contributed by atoms with van der Waals surface area (Å²) >= 11 is 1.39. The fraction of sp³-hybridized carbons (Fsp3) is 0.263. The zero-order valence-corrected chi connectivity index (χ0v) is 16.7. The van der Waals surface area contributed by atoms with Crippen molar-refractivity contribution in [2.24, 2.45) is 0 Å². The van der Waals surface area contributed by atoms with E-state index in [1.807, 2.05) is 31.2 Å². The number of anilines is 2. The number of carbonyl (C=O) groups excluding carboxylic acids is 1. The second kappa shape index (κ2) is 8.06. The Kier molecular flexibility index (Phi) is 5.76. The number of aromatic nitrogens is 1. The van der Waals surface area contributed by atoms with Crippen LogP contribution in [0.4, 0.5) is 10.8 Å². The van der Waals surface area contributed by atoms with Crippen molar-refractivity contribution in [1.29, 1.82) is 0 Å². The van der Waals surface area contributed by atoms with Crippen LogP contribution in [0.15, 0.2) is 48.5 Å². The lowest BCUT2D eigenvalue weighted by Crippen LogP contribution is -2.27. The van der Waals surface area contributed by atoms with Crippen LogP contribution in [0, 0.1) is 0 Å². The molecule has 1 heterocycles. The van der Waals surface area contributed by atoms with Crippen LogP contribution in [0.25, 0.3) is 10.2 Å². The van der Waals surface area contributed by atoms with Gasteiger partial charge in [-0.15, -0.1) is 0 Å². The first-order chi connectivity index (χ1) is 12.9. The van der Waals surface area contributed by atoms with Crippen molar-refractivity contribution in [3.8, 4) is 5.75 Å². The van der Waals surface area contributed by atoms with Crippen molar-refractivity contribution in [3.05, 3.63) is 48.5 Å². The van der Waals surface area contributed by atoms with Crippen molar-refractivity contribution >= 4 is 48.1 Å². The Bertz CT molecular complexity index is 1010. The zero-order valence-electron chi connectivity index (χ0n) is 15.1. The van der Waals surface area contributed by atoms with Crippen LogP contribution in [0.2, 0.25) is 0 Å². The summed E-state index contributed by atoms with van der Waals surface area (Å²) in [7, 11) is -3.24. The Balaban J connectivity index is 1.98. The number of hydrogen-bond donors (Lipinski definition) is 0. The van der Waals surface area contributed by atoms with Gasteiger partial charge in [0.05, 0.1) is 28.3 Å². The smallest absolute Gasteiger partial charge is 0.234 e. The van der Waals surface area contributed by atoms with Gasteiger partial charge in [0.2, 0.25) is 5.91 Å². The van der Waals surface area contributed by atoms with Gasteiger partial charge in [-0.2, -0.15) is 0 Å². The quantitative estimate of drug-likeness (QED) is 0.599. The van der Waals surface area contributed by atoms with Crippen LogP contribution < -0.4 is 9.64 Å². The molecule has 0 saturated heterocycles. The summed E-state index contributed by atoms with van der Waals surface area (Å²) < 4.78 is 29.4. The average Bonchev–Trinajstić information content (AvgIpc) is 3.05. The van der Waals surface area contributed by atoms with Gasteiger partial charge in [-0.05, 0) is 43.3 Å². The number of nitrogens with zero attached hydrogens (tertiary/aromatic N) is 2. The maximum Gasteiger partial charge on any atom is 0.234 e. The van der Waals surface area contributed by atoms with Crippen molar-refractivity contribution < 1.29 is 17.9 Å². The molecule has 27 heavy (non-hydrogen) atoms. The second-order valence-electron chi connectivity index (χ2n) is 6.00. The highest BCUT2D eigenvalue weighted by molar-refractivity contribution is 7.90. The molecule has 0 fully saturated rings. The Hall–Kier alpha value is -2.45. The van der Waals surface area contributed by atoms with Gasteiger partial charge < -0.3 is 4.74 Å². The number of rotatable bonds is 7. The molecule has 0 spiro atoms. The van der Waals surface area contributed by atoms with Gasteiger partial charge in [-0.3, -0.25) is 9.69 Å². The second-order valence-corrected chi connectivity index (χ2v) is 9.27. The van der Waals surface area contributed by atoms with Gasteiger partial charge in [0.15, 0.2) is 5.13 Å². The fourth-order valence-electron chi connectivity index (χ4n) is 2.56. The predicted molar refractivity (Wildman–Crippen MR) is 109 cm³/mol. The number of benzene rings is 2. The minimum Gasteiger partial charge on any atom is -0.494 e. The van der Waals surface area contributed by atoms with Crippen molar-refractivity contribution in [2.45, 2.75) is 13.3 Å². The lowest BCUT2D eigenvalue weighted by molar-refractivity contribution is -0.117. The van der Waals surface area contributed by atoms with Crippen LogP contribution in [0.5, 0.6) is 5.75 Å². The molecular formula is C19H20N2O4S2. The molecule has 3 aromatic rings. The first-order valence-electron chi connectivity index (χ1n) is 8.46. The fourth-order valence-corrected chi connectivity index (χ4v) is 4.11. The first-order valence-corrected chi connectivity index (χ1v) is 11.3. The molecule has 0 aliphatic heterocycles. The van der Waals surface area contributed by atoms with E-state index in [2.05, 4.69) is 4.98 Å². The van der Waals surface area contributed by atoms with Crippen LogP contribution in [0.3, 0.4) is 0 Å². The lowest BCUT2D eigenvalue weighted by Gasteiger charge is -2.20. The van der Waals surface area contributed by atoms with Gasteiger partial charge in [0, 0.05) is 12.7 Å². The summed E-state index contributed by atoms with van der Waals surface area (Å²) in [4.78, 5) is 18.9. The molecule has 0 saturated carbocycles. The van der Waals surface area contributed by atoms with Crippen LogP contribution in [-0.4, -0.2) is 37.9 Å². The molecule has 6 nitrogen and oxygen atoms in total. The third-order valence-corrected chi connectivity index (χ3v) is 5.78. The van der Waals surface area contributed by atoms with E-state index in [0.717, 1.165) is 16.5 Å². The molecule has 0 aliphatic rings. The van der Waals surface area contributed by atoms with Crippen LogP contribution >= 0.6 is 11.3 Å². The number of sulfone groups is 1. The number of hydrogen-bond acceptors (Lipinski definition) is 6. The van der Waals surface area contributed by atoms with Gasteiger partial charge >= 0.3 is 0 Å². The van der Waals surface area contributed by atoms with Crippen molar-refractivity contribution in [2.75, 3.05) is 23.5 Å². The van der Waals surface area contributed by atoms with E-state index >= 15 is 0 Å². The topological polar surface area (TPSA) is 76.6 Å². The summed E-state index contributed by atoms with van der Waals surface area (Å²) in [6.07, 6.45) is 1.02. The van der Waals surface area contributed by atoms with Crippen molar-refractivity contribution in [3.63, 3.8) is 0 Å². The molecule has 3 rings (SSSR count). The SMILES string of the molecule is CCOc1ccc(N(C(=O)CCS(C)(=O)=O)c2nc3ccccc3s2)cc1. The van der Waals surface area contributed by atoms with E-state index in [1.165, 1.54) is 16.2 Å². The third-order valence-electron chi connectivity index (χ3n) is 3.82. The predicted octanol–water partition coefficient (Wildman–Crippen LogP) is 3.79. The largest absolute Gasteiger partial charge is 0.494 e. The Morgan fingerprint density at radius 1 is 1.15 bits per heavy atom. The van der Waals surface area contributed by atoms with Gasteiger partial charge in [0.25, 0.3) is 0 Å². The highest BCUT2D eigenvalue weighted by Gasteiger charge is 2.23. The van der Waals surface area contributed by atoms with Crippen LogP contribution in [-0.2, 0) is 14.6 Å². The summed E-state index contributed by atoms with van der Waals surface area (Å²) in [5, 5.41) is 0.513. The summed E-state index contributed by atoms with van der Waals surface area (Å²) in [6, 6.07) is 14.7. The van der Waals surface area contributed by atoms with E-state index in [0.29, 0.717) is 23.2 Å². The number of thiazole rings is 1. The molecule has 0 aliphatic carbocycles. The number of ether oxygens (including phenoxy) is 1. The lowest BCUT2D eigenvalue weighted by atomic mass is 10.2. The molecule has 1 amide bonds. The molecule has 2 aromatic carbocycles. The molecule has 0 unspecified atom stereocenters. The molecule has 8 heteroatoms. The number of amides is 1. The number of carbonyl (C=O) groups is 1. The van der Waals surface area contributed by atoms with Gasteiger partial charge in [-0.1, -0.05) is 23.5 Å². The highest BCUT2D eigenvalue weighted by Crippen LogP contribution is 2.34. The van der Waals surface area contributed by atoms with E-state index < -0.39 is 9.84 Å². The standard InChI is InChI=1S/C19H20N2O4S2/c1-3-25-15-10-8-14(9-11-15)21(18(22)12-13-27(2,23)24)19-20-16-6-4-5-7-17(16)26-19/h4-11H,3,12-13H2,1-2H3. The Labute approximate surface area is 162 Å². The molecule has 0 radical (unpaired) electrons. The maximum atomic E-state index is 12.9. The van der Waals surface area contributed by atoms with Gasteiger partial charge in [-0.25, -0.2) is 13.4 Å². The van der Waals surface area contributed by atoms with E-state index in [-0.39, 0.29) is 18.1 Å². The van der Waals surface area contributed by atoms with E-state index in [9.17, 15) is 13.2 Å². The molecule has 0 N–H and O–H groups in total. The van der Waals surface area contributed by atoms with Crippen LogP contribution in [0.1, 0.15) is 13.3 Å². The molecule has 0 atom stereocenters. The molecular weight excluding hydrogens is 384 g/mol. The van der Waals surface area contributed by atoms with E-state index in [1.54, 1.807) is 24.3 Å². The van der Waals surface area contributed by atoms with Crippen molar-refractivity contribution in [1.82, 2.24) is 4.98 Å². The average molecular weight is 405 g/mol. The highest BCUT2D eigenvalue weighted by atomic mass is 32.2. The summed E-state index contributed by atoms with van der Waals surface area (Å²) in [5.74, 6) is 0.183. The Morgan fingerprint density at radius 3 is 2.48 bits per heavy atom. The molecule has 1 aromatic heterocycles. The van der Waals surface area contributed by atoms with Gasteiger partial charge in [0.1, 0.15) is 15.6 Å². The molecule has 142 valence electrons. The number of para-hydroxylation sites is 1. The minimum atomic E-state index is -3.24. The third kappa shape index (κ3) is 4.84. The Morgan fingerprint density at radius 2 is 1.85 bits per heavy atom. The first kappa shape index (κ1) is 19.3. The normalized spacial score (nSPS) is 11.5. The van der Waals surface area contributed by atoms with E-state index in [4.69, 9.17) is 4.74 Å². The summed E-state index contributed by atoms with van der Waals surface area (Å²) in [5.41, 5.74) is 1.42.